The van der Waals surface area contributed by atoms with Gasteiger partial charge in [-0.25, -0.2) is 0 Å². The molecule has 1 heteroatoms. The molecule has 1 fully saturated rings. The lowest BCUT2D eigenvalue weighted by atomic mass is 9.74. The Bertz CT molecular complexity index is 358. The normalized spacial score (nSPS) is 20.6. The molecule has 1 aromatic rings. The summed E-state index contributed by atoms with van der Waals surface area (Å²) >= 11 is 0. The molecule has 1 aliphatic rings. The summed E-state index contributed by atoms with van der Waals surface area (Å²) in [6.45, 7) is 4.20. The van der Waals surface area contributed by atoms with Crippen LogP contribution in [0.2, 0.25) is 0 Å². The summed E-state index contributed by atoms with van der Waals surface area (Å²) in [7, 11) is 0. The Hall–Kier alpha value is -0.820. The summed E-state index contributed by atoms with van der Waals surface area (Å²) in [5.41, 5.74) is 1.82. The fourth-order valence-corrected chi connectivity index (χ4v) is 3.20. The molecule has 0 spiro atoms. The Kier molecular flexibility index (Phi) is 4.45. The van der Waals surface area contributed by atoms with Crippen LogP contribution in [0.3, 0.4) is 0 Å². The fourth-order valence-electron chi connectivity index (χ4n) is 3.20. The van der Waals surface area contributed by atoms with Crippen LogP contribution in [-0.4, -0.2) is 5.11 Å². The third-order valence-electron chi connectivity index (χ3n) is 4.48. The first kappa shape index (κ1) is 13.6. The van der Waals surface area contributed by atoms with Crippen molar-refractivity contribution in [3.63, 3.8) is 0 Å². The highest BCUT2D eigenvalue weighted by atomic mass is 16.3. The van der Waals surface area contributed by atoms with Crippen LogP contribution in [-0.2, 0) is 12.0 Å². The summed E-state index contributed by atoms with van der Waals surface area (Å²) in [4.78, 5) is 0. The van der Waals surface area contributed by atoms with Crippen molar-refractivity contribution < 1.29 is 5.11 Å². The minimum absolute atomic E-state index is 0.434. The quantitative estimate of drug-likeness (QED) is 0.833. The molecule has 1 nitrogen and oxygen atoms in total. The predicted molar refractivity (Wildman–Crippen MR) is 76.6 cm³/mol. The molecule has 0 amide bonds. The van der Waals surface area contributed by atoms with Crippen LogP contribution in [0.15, 0.2) is 24.3 Å². The van der Waals surface area contributed by atoms with Crippen LogP contribution in [0.1, 0.15) is 63.5 Å². The highest BCUT2D eigenvalue weighted by Gasteiger charge is 2.34. The van der Waals surface area contributed by atoms with E-state index in [1.807, 2.05) is 6.92 Å². The molecule has 0 radical (unpaired) electrons. The van der Waals surface area contributed by atoms with Gasteiger partial charge in [0.25, 0.3) is 0 Å². The van der Waals surface area contributed by atoms with Crippen molar-refractivity contribution in [3.05, 3.63) is 35.4 Å². The average molecular weight is 246 g/mol. The second-order valence-corrected chi connectivity index (χ2v) is 5.93. The summed E-state index contributed by atoms with van der Waals surface area (Å²) < 4.78 is 0. The van der Waals surface area contributed by atoms with Crippen molar-refractivity contribution in [2.75, 3.05) is 0 Å². The molecule has 1 aliphatic carbocycles. The van der Waals surface area contributed by atoms with Crippen LogP contribution in [0.5, 0.6) is 0 Å². The van der Waals surface area contributed by atoms with Gasteiger partial charge < -0.3 is 5.11 Å². The van der Waals surface area contributed by atoms with Crippen LogP contribution in [0.4, 0.5) is 0 Å². The van der Waals surface area contributed by atoms with Crippen molar-refractivity contribution >= 4 is 0 Å². The molecule has 1 aromatic carbocycles. The maximum Gasteiger partial charge on any atom is 0.0896 e. The number of aryl methyl sites for hydroxylation is 1. The summed E-state index contributed by atoms with van der Waals surface area (Å²) in [6.07, 6.45) is 8.53. The van der Waals surface area contributed by atoms with Gasteiger partial charge in [0.1, 0.15) is 0 Å². The fraction of sp³-hybridized carbons (Fsp3) is 0.647. The predicted octanol–water partition coefficient (Wildman–Crippen LogP) is 4.43. The van der Waals surface area contributed by atoms with Crippen molar-refractivity contribution in [2.24, 2.45) is 5.92 Å². The third-order valence-corrected chi connectivity index (χ3v) is 4.48. The lowest BCUT2D eigenvalue weighted by molar-refractivity contribution is -0.0215. The van der Waals surface area contributed by atoms with E-state index in [0.29, 0.717) is 5.92 Å². The Morgan fingerprint density at radius 3 is 2.28 bits per heavy atom. The molecular weight excluding hydrogens is 220 g/mol. The van der Waals surface area contributed by atoms with Gasteiger partial charge >= 0.3 is 0 Å². The molecule has 0 aromatic heterocycles. The SMILES string of the molecule is CCCc1ccc(C(C)(O)C2CCCCC2)cc1. The molecule has 1 N–H and O–H groups in total. The summed E-state index contributed by atoms with van der Waals surface area (Å²) in [6, 6.07) is 8.60. The Labute approximate surface area is 111 Å². The largest absolute Gasteiger partial charge is 0.385 e. The van der Waals surface area contributed by atoms with Gasteiger partial charge in [-0.3, -0.25) is 0 Å². The lowest BCUT2D eigenvalue weighted by Gasteiger charge is -2.36. The number of benzene rings is 1. The van der Waals surface area contributed by atoms with E-state index in [0.717, 1.165) is 12.0 Å². The minimum Gasteiger partial charge on any atom is -0.385 e. The molecule has 1 unspecified atom stereocenters. The molecule has 0 saturated heterocycles. The van der Waals surface area contributed by atoms with Gasteiger partial charge in [-0.05, 0) is 43.2 Å². The number of hydrogen-bond donors (Lipinski definition) is 1. The first-order valence-corrected chi connectivity index (χ1v) is 7.46. The second kappa shape index (κ2) is 5.88. The zero-order chi connectivity index (χ0) is 13.0. The van der Waals surface area contributed by atoms with Crippen LogP contribution < -0.4 is 0 Å². The smallest absolute Gasteiger partial charge is 0.0896 e. The van der Waals surface area contributed by atoms with E-state index in [2.05, 4.69) is 31.2 Å². The van der Waals surface area contributed by atoms with Gasteiger partial charge in [-0.1, -0.05) is 56.9 Å². The maximum atomic E-state index is 10.8. The first-order chi connectivity index (χ1) is 8.64. The third kappa shape index (κ3) is 2.95. The molecule has 0 bridgehead atoms. The number of aliphatic hydroxyl groups is 1. The summed E-state index contributed by atoms with van der Waals surface area (Å²) in [5.74, 6) is 0.434. The van der Waals surface area contributed by atoms with Crippen LogP contribution in [0.25, 0.3) is 0 Å². The van der Waals surface area contributed by atoms with Crippen LogP contribution >= 0.6 is 0 Å². The highest BCUT2D eigenvalue weighted by molar-refractivity contribution is 5.27. The average Bonchev–Trinajstić information content (AvgIpc) is 2.41. The van der Waals surface area contributed by atoms with Gasteiger partial charge in [-0.15, -0.1) is 0 Å². The number of hydrogen-bond acceptors (Lipinski definition) is 1. The molecule has 18 heavy (non-hydrogen) atoms. The van der Waals surface area contributed by atoms with Crippen LogP contribution in [0, 0.1) is 5.92 Å². The zero-order valence-electron chi connectivity index (χ0n) is 11.8. The van der Waals surface area contributed by atoms with E-state index < -0.39 is 5.60 Å². The van der Waals surface area contributed by atoms with Gasteiger partial charge in [0.2, 0.25) is 0 Å². The molecule has 100 valence electrons. The Morgan fingerprint density at radius 2 is 1.72 bits per heavy atom. The Balaban J connectivity index is 2.12. The molecule has 1 atom stereocenters. The van der Waals surface area contributed by atoms with Crippen molar-refractivity contribution in [2.45, 2.75) is 64.4 Å². The standard InChI is InChI=1S/C17H26O/c1-3-7-14-10-12-16(13-11-14)17(2,18)15-8-5-4-6-9-15/h10-13,15,18H,3-9H2,1-2H3. The van der Waals surface area contributed by atoms with E-state index >= 15 is 0 Å². The first-order valence-electron chi connectivity index (χ1n) is 7.46. The van der Waals surface area contributed by atoms with Crippen molar-refractivity contribution in [3.8, 4) is 0 Å². The monoisotopic (exact) mass is 246 g/mol. The zero-order valence-corrected chi connectivity index (χ0v) is 11.8. The van der Waals surface area contributed by atoms with Crippen molar-refractivity contribution in [1.29, 1.82) is 0 Å². The van der Waals surface area contributed by atoms with E-state index in [-0.39, 0.29) is 0 Å². The van der Waals surface area contributed by atoms with Gasteiger partial charge in [0.05, 0.1) is 5.60 Å². The topological polar surface area (TPSA) is 20.2 Å². The molecule has 0 heterocycles. The minimum atomic E-state index is -0.648. The molecular formula is C17H26O. The Morgan fingerprint density at radius 1 is 1.11 bits per heavy atom. The summed E-state index contributed by atoms with van der Waals surface area (Å²) in [5, 5.41) is 10.8. The second-order valence-electron chi connectivity index (χ2n) is 5.93. The molecule has 0 aliphatic heterocycles. The number of rotatable bonds is 4. The van der Waals surface area contributed by atoms with E-state index in [1.54, 1.807) is 0 Å². The van der Waals surface area contributed by atoms with E-state index in [1.165, 1.54) is 44.1 Å². The lowest BCUT2D eigenvalue weighted by Crippen LogP contribution is -2.33. The van der Waals surface area contributed by atoms with Crippen molar-refractivity contribution in [1.82, 2.24) is 0 Å². The van der Waals surface area contributed by atoms with E-state index in [4.69, 9.17) is 0 Å². The van der Waals surface area contributed by atoms with E-state index in [9.17, 15) is 5.11 Å². The van der Waals surface area contributed by atoms with Gasteiger partial charge in [0.15, 0.2) is 0 Å². The highest BCUT2D eigenvalue weighted by Crippen LogP contribution is 2.39. The van der Waals surface area contributed by atoms with Gasteiger partial charge in [-0.2, -0.15) is 0 Å². The maximum absolute atomic E-state index is 10.8. The molecule has 1 saturated carbocycles. The van der Waals surface area contributed by atoms with Gasteiger partial charge in [0, 0.05) is 0 Å². The molecule has 2 rings (SSSR count).